The molecule has 1 heterocycles. The highest BCUT2D eigenvalue weighted by atomic mass is 16.3. The van der Waals surface area contributed by atoms with Gasteiger partial charge in [-0.1, -0.05) is 0 Å². The topological polar surface area (TPSA) is 53.6 Å². The number of hydrogen-bond donors (Lipinski definition) is 2. The van der Waals surface area contributed by atoms with E-state index in [-0.39, 0.29) is 6.61 Å². The number of furan rings is 1. The third kappa shape index (κ3) is 1.31. The van der Waals surface area contributed by atoms with Crippen molar-refractivity contribution in [2.75, 3.05) is 6.61 Å². The van der Waals surface area contributed by atoms with Crippen LogP contribution in [0.15, 0.2) is 23.0 Å². The summed E-state index contributed by atoms with van der Waals surface area (Å²) >= 11 is 0. The van der Waals surface area contributed by atoms with E-state index in [9.17, 15) is 0 Å². The van der Waals surface area contributed by atoms with Crippen LogP contribution in [0.2, 0.25) is 0 Å². The predicted octanol–water partition coefficient (Wildman–Crippen LogP) is 0.305. The highest BCUT2D eigenvalue weighted by molar-refractivity contribution is 5.08. The summed E-state index contributed by atoms with van der Waals surface area (Å²) in [7, 11) is 0. The predicted molar refractivity (Wildman–Crippen MR) is 30.8 cm³/mol. The normalized spacial score (nSPS) is 13.6. The minimum absolute atomic E-state index is 0.264. The second kappa shape index (κ2) is 2.66. The van der Waals surface area contributed by atoms with Gasteiger partial charge in [-0.25, -0.2) is 0 Å². The molecular weight excluding hydrogens is 120 g/mol. The Morgan fingerprint density at radius 3 is 2.89 bits per heavy atom. The Balaban J connectivity index is 2.65. The number of rotatable bonds is 2. The Morgan fingerprint density at radius 1 is 1.67 bits per heavy atom. The monoisotopic (exact) mass is 128 g/mol. The first kappa shape index (κ1) is 6.32. The molecule has 0 unspecified atom stereocenters. The third-order valence-electron chi connectivity index (χ3n) is 1.10. The summed E-state index contributed by atoms with van der Waals surface area (Å²) in [4.78, 5) is 0. The molecule has 0 aliphatic heterocycles. The average molecular weight is 128 g/mol. The molecule has 0 spiro atoms. The van der Waals surface area contributed by atoms with Crippen LogP contribution in [-0.2, 0) is 0 Å². The molecule has 0 saturated carbocycles. The highest BCUT2D eigenvalue weighted by Gasteiger charge is 2.04. The van der Waals surface area contributed by atoms with Gasteiger partial charge in [-0.05, 0) is 6.07 Å². The fourth-order valence-corrected chi connectivity index (χ4v) is 0.570. The minimum Gasteiger partial charge on any atom is -0.472 e. The summed E-state index contributed by atoms with van der Waals surface area (Å²) in [6.45, 7) is -0.264. The molecule has 0 radical (unpaired) electrons. The van der Waals surface area contributed by atoms with Crippen molar-refractivity contribution >= 4 is 0 Å². The van der Waals surface area contributed by atoms with Gasteiger partial charge in [0.2, 0.25) is 0 Å². The molecule has 1 aromatic heterocycles. The molecule has 0 aromatic carbocycles. The van der Waals surface area contributed by atoms with Gasteiger partial charge >= 0.3 is 0 Å². The van der Waals surface area contributed by atoms with Crippen LogP contribution in [0.1, 0.15) is 11.7 Å². The maximum Gasteiger partial charge on any atom is 0.105 e. The summed E-state index contributed by atoms with van der Waals surface area (Å²) in [5.41, 5.74) is 0.609. The molecule has 1 rings (SSSR count). The first-order valence-corrected chi connectivity index (χ1v) is 2.65. The van der Waals surface area contributed by atoms with E-state index in [0.29, 0.717) is 5.56 Å². The Morgan fingerprint density at radius 2 is 2.44 bits per heavy atom. The standard InChI is InChI=1S/C6H8O3/c7-3-6(8)5-1-2-9-4-5/h1-2,4,6-8H,3H2/t6-/m1/s1. The van der Waals surface area contributed by atoms with E-state index in [1.165, 1.54) is 12.5 Å². The van der Waals surface area contributed by atoms with Crippen LogP contribution in [0.3, 0.4) is 0 Å². The van der Waals surface area contributed by atoms with Crippen molar-refractivity contribution in [3.8, 4) is 0 Å². The van der Waals surface area contributed by atoms with Crippen LogP contribution in [0.5, 0.6) is 0 Å². The van der Waals surface area contributed by atoms with Crippen molar-refractivity contribution in [3.05, 3.63) is 24.2 Å². The molecule has 0 aliphatic carbocycles. The Labute approximate surface area is 52.5 Å². The van der Waals surface area contributed by atoms with E-state index in [1.807, 2.05) is 0 Å². The zero-order valence-corrected chi connectivity index (χ0v) is 4.82. The zero-order valence-electron chi connectivity index (χ0n) is 4.82. The fourth-order valence-electron chi connectivity index (χ4n) is 0.570. The van der Waals surface area contributed by atoms with Gasteiger partial charge in [0.05, 0.1) is 19.1 Å². The van der Waals surface area contributed by atoms with Gasteiger partial charge in [0.15, 0.2) is 0 Å². The van der Waals surface area contributed by atoms with Gasteiger partial charge in [-0.15, -0.1) is 0 Å². The van der Waals surface area contributed by atoms with E-state index in [0.717, 1.165) is 0 Å². The zero-order chi connectivity index (χ0) is 6.69. The molecule has 9 heavy (non-hydrogen) atoms. The van der Waals surface area contributed by atoms with Crippen LogP contribution in [-0.4, -0.2) is 16.8 Å². The average Bonchev–Trinajstić information content (AvgIpc) is 2.37. The number of aliphatic hydroxyl groups is 2. The molecule has 1 aromatic rings. The van der Waals surface area contributed by atoms with Gasteiger partial charge in [-0.3, -0.25) is 0 Å². The number of aliphatic hydroxyl groups excluding tert-OH is 2. The minimum atomic E-state index is -0.802. The second-order valence-corrected chi connectivity index (χ2v) is 1.76. The van der Waals surface area contributed by atoms with Crippen molar-refractivity contribution in [1.82, 2.24) is 0 Å². The fraction of sp³-hybridized carbons (Fsp3) is 0.333. The summed E-state index contributed by atoms with van der Waals surface area (Å²) in [5.74, 6) is 0. The Bertz CT molecular complexity index is 157. The van der Waals surface area contributed by atoms with Crippen molar-refractivity contribution < 1.29 is 14.6 Å². The van der Waals surface area contributed by atoms with Crippen molar-refractivity contribution in [3.63, 3.8) is 0 Å². The Kier molecular flexibility index (Phi) is 1.87. The van der Waals surface area contributed by atoms with Crippen molar-refractivity contribution in [2.45, 2.75) is 6.10 Å². The number of hydrogen-bond acceptors (Lipinski definition) is 3. The molecule has 0 amide bonds. The summed E-state index contributed by atoms with van der Waals surface area (Å²) in [6.07, 6.45) is 2.05. The maximum absolute atomic E-state index is 8.91. The van der Waals surface area contributed by atoms with Gasteiger partial charge in [0.25, 0.3) is 0 Å². The molecule has 3 heteroatoms. The van der Waals surface area contributed by atoms with Gasteiger partial charge in [-0.2, -0.15) is 0 Å². The molecular formula is C6H8O3. The van der Waals surface area contributed by atoms with E-state index in [4.69, 9.17) is 10.2 Å². The lowest BCUT2D eigenvalue weighted by molar-refractivity contribution is 0.0951. The van der Waals surface area contributed by atoms with E-state index >= 15 is 0 Å². The molecule has 0 aliphatic rings. The molecule has 0 saturated heterocycles. The molecule has 0 fully saturated rings. The molecule has 2 N–H and O–H groups in total. The maximum atomic E-state index is 8.91. The van der Waals surface area contributed by atoms with E-state index < -0.39 is 6.10 Å². The van der Waals surface area contributed by atoms with Crippen LogP contribution >= 0.6 is 0 Å². The summed E-state index contributed by atoms with van der Waals surface area (Å²) in [5, 5.41) is 17.3. The highest BCUT2D eigenvalue weighted by Crippen LogP contribution is 2.10. The van der Waals surface area contributed by atoms with Crippen LogP contribution in [0, 0.1) is 0 Å². The molecule has 50 valence electrons. The quantitative estimate of drug-likeness (QED) is 0.602. The second-order valence-electron chi connectivity index (χ2n) is 1.76. The largest absolute Gasteiger partial charge is 0.472 e. The smallest absolute Gasteiger partial charge is 0.105 e. The first-order chi connectivity index (χ1) is 4.34. The first-order valence-electron chi connectivity index (χ1n) is 2.65. The lowest BCUT2D eigenvalue weighted by Crippen LogP contribution is -1.99. The van der Waals surface area contributed by atoms with E-state index in [1.54, 1.807) is 6.07 Å². The lowest BCUT2D eigenvalue weighted by Gasteiger charge is -2.00. The van der Waals surface area contributed by atoms with Gasteiger partial charge < -0.3 is 14.6 Å². The molecule has 3 nitrogen and oxygen atoms in total. The molecule has 1 atom stereocenters. The Hall–Kier alpha value is -0.800. The van der Waals surface area contributed by atoms with Crippen LogP contribution in [0.4, 0.5) is 0 Å². The van der Waals surface area contributed by atoms with Crippen LogP contribution in [0.25, 0.3) is 0 Å². The van der Waals surface area contributed by atoms with Crippen molar-refractivity contribution in [1.29, 1.82) is 0 Å². The summed E-state index contributed by atoms with van der Waals surface area (Å²) in [6, 6.07) is 1.61. The SMILES string of the molecule is OC[C@@H](O)c1ccoc1. The van der Waals surface area contributed by atoms with Gasteiger partial charge in [0.1, 0.15) is 6.10 Å². The van der Waals surface area contributed by atoms with Crippen LogP contribution < -0.4 is 0 Å². The van der Waals surface area contributed by atoms with E-state index in [2.05, 4.69) is 4.42 Å². The summed E-state index contributed by atoms with van der Waals surface area (Å²) < 4.78 is 4.67. The lowest BCUT2D eigenvalue weighted by atomic mass is 10.2. The van der Waals surface area contributed by atoms with Crippen molar-refractivity contribution in [2.24, 2.45) is 0 Å². The third-order valence-corrected chi connectivity index (χ3v) is 1.10. The molecule has 0 bridgehead atoms. The van der Waals surface area contributed by atoms with Gasteiger partial charge in [0, 0.05) is 5.56 Å².